The van der Waals surface area contributed by atoms with Crippen LogP contribution in [0, 0.1) is 11.8 Å². The Bertz CT molecular complexity index is 1890. The summed E-state index contributed by atoms with van der Waals surface area (Å²) in [6.07, 6.45) is 2.28. The van der Waals surface area contributed by atoms with Gasteiger partial charge in [-0.25, -0.2) is 19.6 Å². The van der Waals surface area contributed by atoms with Gasteiger partial charge >= 0.3 is 12.2 Å². The zero-order valence-electron chi connectivity index (χ0n) is 29.6. The summed E-state index contributed by atoms with van der Waals surface area (Å²) in [5, 5.41) is 5.79. The van der Waals surface area contributed by atoms with Gasteiger partial charge in [-0.2, -0.15) is 0 Å². The number of nitrogens with zero attached hydrogens (tertiary/aromatic N) is 2. The van der Waals surface area contributed by atoms with Crippen molar-refractivity contribution >= 4 is 12.2 Å². The number of oxazole rings is 2. The first-order chi connectivity index (χ1) is 25.2. The first-order valence-corrected chi connectivity index (χ1v) is 17.3. The van der Waals surface area contributed by atoms with Crippen molar-refractivity contribution < 1.29 is 27.9 Å². The van der Waals surface area contributed by atoms with Crippen LogP contribution in [0.2, 0.25) is 0 Å². The van der Waals surface area contributed by atoms with E-state index < -0.39 is 24.3 Å². The molecule has 10 heteroatoms. The number of hydrogen-bond donors (Lipinski definition) is 2. The Morgan fingerprint density at radius 3 is 1.23 bits per heavy atom. The fourth-order valence-electron chi connectivity index (χ4n) is 5.59. The van der Waals surface area contributed by atoms with E-state index in [0.717, 1.165) is 33.4 Å². The maximum Gasteiger partial charge on any atom is 0.408 e. The molecule has 2 aromatic heterocycles. The number of ether oxygens (including phenoxy) is 2. The third-order valence-corrected chi connectivity index (χ3v) is 8.56. The highest BCUT2D eigenvalue weighted by molar-refractivity contribution is 5.71. The number of hydrogen-bond acceptors (Lipinski definition) is 8. The normalized spacial score (nSPS) is 12.3. The molecule has 0 aliphatic rings. The maximum atomic E-state index is 12.6. The van der Waals surface area contributed by atoms with Crippen molar-refractivity contribution in [1.82, 2.24) is 20.6 Å². The molecule has 2 heterocycles. The molecule has 4 aromatic carbocycles. The van der Waals surface area contributed by atoms with Crippen LogP contribution < -0.4 is 10.6 Å². The average Bonchev–Trinajstić information content (AvgIpc) is 3.86. The van der Waals surface area contributed by atoms with E-state index in [0.29, 0.717) is 23.3 Å². The summed E-state index contributed by atoms with van der Waals surface area (Å²) in [5.74, 6) is 2.06. The van der Waals surface area contributed by atoms with Crippen molar-refractivity contribution in [2.45, 2.75) is 53.0 Å². The van der Waals surface area contributed by atoms with E-state index in [9.17, 15) is 9.59 Å². The topological polar surface area (TPSA) is 129 Å². The highest BCUT2D eigenvalue weighted by Crippen LogP contribution is 2.31. The molecule has 52 heavy (non-hydrogen) atoms. The van der Waals surface area contributed by atoms with Gasteiger partial charge in [-0.1, -0.05) is 137 Å². The summed E-state index contributed by atoms with van der Waals surface area (Å²) >= 11 is 0. The van der Waals surface area contributed by atoms with Crippen LogP contribution in [0.1, 0.15) is 62.7 Å². The van der Waals surface area contributed by atoms with E-state index in [1.807, 2.05) is 137 Å². The molecule has 0 aliphatic heterocycles. The highest BCUT2D eigenvalue weighted by Gasteiger charge is 2.26. The zero-order valence-corrected chi connectivity index (χ0v) is 29.6. The molecule has 2 amide bonds. The third kappa shape index (κ3) is 9.14. The van der Waals surface area contributed by atoms with Gasteiger partial charge in [-0.3, -0.25) is 0 Å². The van der Waals surface area contributed by atoms with Crippen molar-refractivity contribution in [3.63, 3.8) is 0 Å². The Labute approximate surface area is 303 Å². The number of amides is 2. The lowest BCUT2D eigenvalue weighted by Crippen LogP contribution is -2.32. The van der Waals surface area contributed by atoms with Crippen LogP contribution in [-0.4, -0.2) is 22.2 Å². The van der Waals surface area contributed by atoms with E-state index in [1.54, 1.807) is 12.4 Å². The lowest BCUT2D eigenvalue weighted by atomic mass is 10.0. The van der Waals surface area contributed by atoms with Crippen molar-refractivity contribution in [3.05, 3.63) is 144 Å². The monoisotopic (exact) mass is 698 g/mol. The Balaban J connectivity index is 1.06. The molecular weight excluding hydrogens is 656 g/mol. The number of aromatic nitrogens is 2. The minimum Gasteiger partial charge on any atom is -0.445 e. The molecule has 0 aliphatic carbocycles. The van der Waals surface area contributed by atoms with E-state index in [2.05, 4.69) is 20.6 Å². The number of alkyl carbamates (subject to hydrolysis) is 2. The van der Waals surface area contributed by atoms with Gasteiger partial charge in [-0.15, -0.1) is 0 Å². The summed E-state index contributed by atoms with van der Waals surface area (Å²) in [6.45, 7) is 8.30. The van der Waals surface area contributed by atoms with Crippen molar-refractivity contribution in [1.29, 1.82) is 0 Å². The minimum absolute atomic E-state index is 0.0203. The summed E-state index contributed by atoms with van der Waals surface area (Å²) in [5.41, 5.74) is 5.58. The lowest BCUT2D eigenvalue weighted by molar-refractivity contribution is 0.129. The molecule has 0 bridgehead atoms. The summed E-state index contributed by atoms with van der Waals surface area (Å²) in [7, 11) is 0. The van der Waals surface area contributed by atoms with Crippen LogP contribution in [-0.2, 0) is 22.7 Å². The fraction of sp³-hybridized carbons (Fsp3) is 0.238. The molecule has 2 atom stereocenters. The second-order valence-electron chi connectivity index (χ2n) is 13.1. The third-order valence-electron chi connectivity index (χ3n) is 8.56. The second-order valence-corrected chi connectivity index (χ2v) is 13.1. The van der Waals surface area contributed by atoms with Crippen LogP contribution in [0.15, 0.2) is 130 Å². The van der Waals surface area contributed by atoms with E-state index >= 15 is 0 Å². The lowest BCUT2D eigenvalue weighted by Gasteiger charge is -2.19. The van der Waals surface area contributed by atoms with Crippen LogP contribution in [0.25, 0.3) is 33.8 Å². The molecule has 0 saturated heterocycles. The van der Waals surface area contributed by atoms with Gasteiger partial charge in [-0.05, 0) is 34.1 Å². The number of rotatable bonds is 13. The summed E-state index contributed by atoms with van der Waals surface area (Å²) in [6, 6.07) is 34.1. The van der Waals surface area contributed by atoms with Gasteiger partial charge < -0.3 is 28.9 Å². The molecule has 6 rings (SSSR count). The minimum atomic E-state index is -0.532. The molecule has 2 unspecified atom stereocenters. The Kier molecular flexibility index (Phi) is 11.5. The Morgan fingerprint density at radius 1 is 0.538 bits per heavy atom. The van der Waals surface area contributed by atoms with Gasteiger partial charge in [0.05, 0.1) is 12.4 Å². The van der Waals surface area contributed by atoms with Crippen LogP contribution in [0.4, 0.5) is 9.59 Å². The second kappa shape index (κ2) is 16.7. The predicted molar refractivity (Wildman–Crippen MR) is 198 cm³/mol. The van der Waals surface area contributed by atoms with Crippen molar-refractivity contribution in [2.24, 2.45) is 11.8 Å². The molecule has 2 N–H and O–H groups in total. The number of benzene rings is 4. The van der Waals surface area contributed by atoms with E-state index in [-0.39, 0.29) is 25.0 Å². The Hall–Kier alpha value is -6.16. The Morgan fingerprint density at radius 2 is 0.885 bits per heavy atom. The first kappa shape index (κ1) is 35.7. The fourth-order valence-corrected chi connectivity index (χ4v) is 5.59. The predicted octanol–water partition coefficient (Wildman–Crippen LogP) is 9.91. The molecule has 6 aromatic rings. The summed E-state index contributed by atoms with van der Waals surface area (Å²) in [4.78, 5) is 34.1. The van der Waals surface area contributed by atoms with Gasteiger partial charge in [0.25, 0.3) is 0 Å². The first-order valence-electron chi connectivity index (χ1n) is 17.3. The standard InChI is InChI=1S/C42H42N4O6/c1-27(2)37(45-41(47)49-25-29-11-7-5-8-12-29)39-43-23-35(51-39)33-19-15-31(16-20-33)32-17-21-34(22-18-32)36-24-44-40(52-36)38(28(3)4)46-42(48)50-26-30-13-9-6-10-14-30/h5-24,27-28,37-38H,25-26H2,1-4H3,(H,45,47)(H,46,48). The van der Waals surface area contributed by atoms with Gasteiger partial charge in [0.1, 0.15) is 25.3 Å². The summed E-state index contributed by atoms with van der Waals surface area (Å²) < 4.78 is 23.1. The van der Waals surface area contributed by atoms with Gasteiger partial charge in [0, 0.05) is 11.1 Å². The quantitative estimate of drug-likeness (QED) is 0.122. The van der Waals surface area contributed by atoms with Gasteiger partial charge in [0.15, 0.2) is 11.5 Å². The largest absolute Gasteiger partial charge is 0.445 e. The van der Waals surface area contributed by atoms with E-state index in [1.165, 1.54) is 0 Å². The maximum absolute atomic E-state index is 12.6. The van der Waals surface area contributed by atoms with Crippen LogP contribution >= 0.6 is 0 Å². The number of nitrogens with one attached hydrogen (secondary N) is 2. The van der Waals surface area contributed by atoms with E-state index in [4.69, 9.17) is 18.3 Å². The molecule has 0 saturated carbocycles. The molecule has 0 radical (unpaired) electrons. The molecule has 266 valence electrons. The SMILES string of the molecule is CC(C)C(NC(=O)OCc1ccccc1)c1ncc(-c2ccc(-c3ccc(-c4cnc(C(NC(=O)OCc5ccccc5)C(C)C)o4)cc3)cc2)o1. The average molecular weight is 699 g/mol. The van der Waals surface area contributed by atoms with Crippen LogP contribution in [0.5, 0.6) is 0 Å². The number of carbonyl (C=O) groups excluding carboxylic acids is 2. The molecular formula is C42H42N4O6. The molecule has 10 nitrogen and oxygen atoms in total. The van der Waals surface area contributed by atoms with Gasteiger partial charge in [0.2, 0.25) is 11.8 Å². The van der Waals surface area contributed by atoms with Crippen molar-refractivity contribution in [3.8, 4) is 33.8 Å². The molecule has 0 fully saturated rings. The highest BCUT2D eigenvalue weighted by atomic mass is 16.6. The van der Waals surface area contributed by atoms with Crippen molar-refractivity contribution in [2.75, 3.05) is 0 Å². The van der Waals surface area contributed by atoms with Crippen LogP contribution in [0.3, 0.4) is 0 Å². The zero-order chi connectivity index (χ0) is 36.5. The number of carbonyl (C=O) groups is 2. The molecule has 0 spiro atoms. The smallest absolute Gasteiger partial charge is 0.408 e.